The van der Waals surface area contributed by atoms with Crippen LogP contribution < -0.4 is 5.32 Å². The molecule has 3 rings (SSSR count). The van der Waals surface area contributed by atoms with E-state index >= 15 is 0 Å². The summed E-state index contributed by atoms with van der Waals surface area (Å²) in [7, 11) is 0. The molecule has 2 aliphatic heterocycles. The van der Waals surface area contributed by atoms with Gasteiger partial charge in [-0.3, -0.25) is 0 Å². The minimum absolute atomic E-state index is 0.108. The maximum atomic E-state index is 14.5. The van der Waals surface area contributed by atoms with Crippen LogP contribution in [0.2, 0.25) is 0 Å². The fourth-order valence-corrected chi connectivity index (χ4v) is 5.51. The summed E-state index contributed by atoms with van der Waals surface area (Å²) in [4.78, 5) is 12.1. The topological polar surface area (TPSA) is 49.3 Å². The van der Waals surface area contributed by atoms with Crippen molar-refractivity contribution in [1.82, 2.24) is 5.32 Å². The number of carboxylic acid groups (broad SMARTS) is 1. The second-order valence-corrected chi connectivity index (χ2v) is 8.22. The molecule has 146 valence electrons. The zero-order valence-corrected chi connectivity index (χ0v) is 15.6. The minimum Gasteiger partial charge on any atom is -0.478 e. The van der Waals surface area contributed by atoms with Gasteiger partial charge in [-0.05, 0) is 24.9 Å². The van der Waals surface area contributed by atoms with Crippen LogP contribution in [0.25, 0.3) is 0 Å². The van der Waals surface area contributed by atoms with Crippen molar-refractivity contribution < 1.29 is 31.9 Å². The molecule has 0 saturated carbocycles. The zero-order valence-electron chi connectivity index (χ0n) is 14.0. The van der Waals surface area contributed by atoms with E-state index in [1.807, 2.05) is 0 Å². The van der Waals surface area contributed by atoms with Crippen molar-refractivity contribution in [1.29, 1.82) is 0 Å². The van der Waals surface area contributed by atoms with E-state index in [4.69, 9.17) is 0 Å². The van der Waals surface area contributed by atoms with E-state index in [1.54, 1.807) is 11.8 Å². The normalized spacial score (nSPS) is 20.7. The smallest absolute Gasteiger partial charge is 0.334 e. The molecule has 0 radical (unpaired) electrons. The number of thioether (sulfide) groups is 2. The molecule has 1 unspecified atom stereocenters. The average Bonchev–Trinajstić information content (AvgIpc) is 2.59. The van der Waals surface area contributed by atoms with Crippen molar-refractivity contribution >= 4 is 29.5 Å². The molecule has 1 atom stereocenters. The first-order chi connectivity index (χ1) is 12.8. The van der Waals surface area contributed by atoms with E-state index in [9.17, 15) is 31.9 Å². The highest BCUT2D eigenvalue weighted by Gasteiger charge is 2.40. The molecule has 1 aromatic rings. The van der Waals surface area contributed by atoms with Crippen molar-refractivity contribution in [2.75, 3.05) is 17.3 Å². The number of benzene rings is 1. The standard InChI is InChI=1S/C17H14F5NO2S2/c1-6-8(17(24)25)9(16-7(23-6)5-26-3-2-4-27-16)10-11(18)13(20)15(22)14(21)12(10)19/h9,23H,2-5H2,1H3,(H,24,25). The first kappa shape index (κ1) is 20.1. The fraction of sp³-hybridized carbons (Fsp3) is 0.353. The first-order valence-electron chi connectivity index (χ1n) is 7.91. The van der Waals surface area contributed by atoms with Gasteiger partial charge in [-0.25, -0.2) is 26.7 Å². The average molecular weight is 423 g/mol. The van der Waals surface area contributed by atoms with Crippen LogP contribution in [0.4, 0.5) is 22.0 Å². The highest BCUT2D eigenvalue weighted by atomic mass is 32.2. The van der Waals surface area contributed by atoms with Gasteiger partial charge in [0.1, 0.15) is 0 Å². The van der Waals surface area contributed by atoms with E-state index in [-0.39, 0.29) is 10.6 Å². The molecule has 0 amide bonds. The van der Waals surface area contributed by atoms with Crippen LogP contribution in [-0.2, 0) is 4.79 Å². The predicted octanol–water partition coefficient (Wildman–Crippen LogP) is 4.51. The first-order valence-corrected chi connectivity index (χ1v) is 10.1. The lowest BCUT2D eigenvalue weighted by Crippen LogP contribution is -2.31. The number of nitrogens with one attached hydrogen (secondary N) is 1. The summed E-state index contributed by atoms with van der Waals surface area (Å²) in [6.07, 6.45) is 0.765. The number of halogens is 5. The highest BCUT2D eigenvalue weighted by Crippen LogP contribution is 2.47. The number of allylic oxidation sites excluding steroid dienone is 2. The molecular weight excluding hydrogens is 409 g/mol. The van der Waals surface area contributed by atoms with Crippen LogP contribution in [0.3, 0.4) is 0 Å². The molecule has 10 heteroatoms. The molecule has 2 aliphatic rings. The van der Waals surface area contributed by atoms with Gasteiger partial charge in [0.2, 0.25) is 5.82 Å². The van der Waals surface area contributed by atoms with Crippen molar-refractivity contribution in [2.24, 2.45) is 0 Å². The van der Waals surface area contributed by atoms with Crippen LogP contribution in [0.1, 0.15) is 24.8 Å². The van der Waals surface area contributed by atoms with E-state index in [2.05, 4.69) is 5.32 Å². The Kier molecular flexibility index (Phi) is 5.76. The number of dihydropyridines is 1. The van der Waals surface area contributed by atoms with E-state index < -0.39 is 52.1 Å². The SMILES string of the molecule is CC1=C(C(=O)O)C(c2c(F)c(F)c(F)c(F)c2F)C2=C(CSCCCS2)N1. The summed E-state index contributed by atoms with van der Waals surface area (Å²) in [6, 6.07) is 0. The van der Waals surface area contributed by atoms with Crippen LogP contribution in [0, 0.1) is 29.1 Å². The monoisotopic (exact) mass is 423 g/mol. The van der Waals surface area contributed by atoms with Gasteiger partial charge in [-0.2, -0.15) is 11.8 Å². The van der Waals surface area contributed by atoms with Crippen LogP contribution in [0.15, 0.2) is 21.9 Å². The summed E-state index contributed by atoms with van der Waals surface area (Å²) >= 11 is 2.72. The number of rotatable bonds is 2. The molecule has 0 aliphatic carbocycles. The van der Waals surface area contributed by atoms with Crippen molar-refractivity contribution in [3.8, 4) is 0 Å². The summed E-state index contributed by atoms with van der Waals surface area (Å²) < 4.78 is 70.0. The van der Waals surface area contributed by atoms with Crippen LogP contribution >= 0.6 is 23.5 Å². The highest BCUT2D eigenvalue weighted by molar-refractivity contribution is 8.03. The molecule has 0 bridgehead atoms. The van der Waals surface area contributed by atoms with Gasteiger partial charge < -0.3 is 10.4 Å². The summed E-state index contributed by atoms with van der Waals surface area (Å²) in [5.74, 6) is -11.7. The van der Waals surface area contributed by atoms with E-state index in [1.165, 1.54) is 18.7 Å². The number of carboxylic acids is 1. The Bertz CT molecular complexity index is 856. The second-order valence-electron chi connectivity index (χ2n) is 5.98. The maximum absolute atomic E-state index is 14.5. The van der Waals surface area contributed by atoms with Gasteiger partial charge in [0, 0.05) is 27.6 Å². The predicted molar refractivity (Wildman–Crippen MR) is 93.9 cm³/mol. The van der Waals surface area contributed by atoms with E-state index in [0.717, 1.165) is 12.2 Å². The van der Waals surface area contributed by atoms with Crippen LogP contribution in [-0.4, -0.2) is 28.3 Å². The summed E-state index contributed by atoms with van der Waals surface area (Å²) in [5, 5.41) is 12.5. The minimum atomic E-state index is -2.27. The molecule has 2 heterocycles. The Hall–Kier alpha value is -1.68. The number of carbonyl (C=O) groups is 1. The van der Waals surface area contributed by atoms with Crippen LogP contribution in [0.5, 0.6) is 0 Å². The van der Waals surface area contributed by atoms with Crippen molar-refractivity contribution in [3.63, 3.8) is 0 Å². The molecule has 2 N–H and O–H groups in total. The molecule has 0 fully saturated rings. The third-order valence-corrected chi connectivity index (χ3v) is 6.65. The molecule has 0 saturated heterocycles. The molecule has 0 spiro atoms. The third kappa shape index (κ3) is 3.44. The van der Waals surface area contributed by atoms with E-state index in [0.29, 0.717) is 17.2 Å². The molecule has 27 heavy (non-hydrogen) atoms. The quantitative estimate of drug-likeness (QED) is 0.417. The Balaban J connectivity index is 2.31. The second kappa shape index (κ2) is 7.75. The zero-order chi connectivity index (χ0) is 19.9. The summed E-state index contributed by atoms with van der Waals surface area (Å²) in [5.41, 5.74) is -0.927. The maximum Gasteiger partial charge on any atom is 0.334 e. The van der Waals surface area contributed by atoms with Gasteiger partial charge in [0.05, 0.1) is 11.5 Å². The van der Waals surface area contributed by atoms with Crippen molar-refractivity contribution in [2.45, 2.75) is 19.3 Å². The third-order valence-electron chi connectivity index (χ3n) is 4.29. The Morgan fingerprint density at radius 2 is 1.63 bits per heavy atom. The molecule has 3 nitrogen and oxygen atoms in total. The number of hydrogen-bond acceptors (Lipinski definition) is 4. The number of aliphatic carboxylic acids is 1. The van der Waals surface area contributed by atoms with Gasteiger partial charge in [0.25, 0.3) is 0 Å². The molecule has 1 aromatic carbocycles. The van der Waals surface area contributed by atoms with Gasteiger partial charge in [-0.1, -0.05) is 0 Å². The number of hydrogen-bond donors (Lipinski definition) is 2. The van der Waals surface area contributed by atoms with Crippen molar-refractivity contribution in [3.05, 3.63) is 56.5 Å². The molecular formula is C17H14F5NO2S2. The summed E-state index contributed by atoms with van der Waals surface area (Å²) in [6.45, 7) is 1.40. The lowest BCUT2D eigenvalue weighted by atomic mass is 9.85. The van der Waals surface area contributed by atoms with Gasteiger partial charge in [0.15, 0.2) is 23.3 Å². The Morgan fingerprint density at radius 3 is 2.22 bits per heavy atom. The Labute approximate surface area is 160 Å². The largest absolute Gasteiger partial charge is 0.478 e. The lowest BCUT2D eigenvalue weighted by Gasteiger charge is -2.33. The fourth-order valence-electron chi connectivity index (χ4n) is 3.11. The Morgan fingerprint density at radius 1 is 1.04 bits per heavy atom. The van der Waals surface area contributed by atoms with Gasteiger partial charge >= 0.3 is 5.97 Å². The van der Waals surface area contributed by atoms with Gasteiger partial charge in [-0.15, -0.1) is 11.8 Å². The molecule has 0 aromatic heterocycles. The lowest BCUT2D eigenvalue weighted by molar-refractivity contribution is -0.133.